The molecule has 1 unspecified atom stereocenters. The first-order valence-electron chi connectivity index (χ1n) is 5.89. The van der Waals surface area contributed by atoms with Gasteiger partial charge >= 0.3 is 0 Å². The molecule has 1 fully saturated rings. The second kappa shape index (κ2) is 6.11. The van der Waals surface area contributed by atoms with Gasteiger partial charge in [0.2, 0.25) is 11.6 Å². The summed E-state index contributed by atoms with van der Waals surface area (Å²) in [6.45, 7) is 1.17. The molecule has 0 bridgehead atoms. The minimum Gasteiger partial charge on any atom is -0.470 e. The molecule has 0 aliphatic carbocycles. The van der Waals surface area contributed by atoms with Gasteiger partial charge in [0.15, 0.2) is 0 Å². The third kappa shape index (κ3) is 3.17. The summed E-state index contributed by atoms with van der Waals surface area (Å²) in [5.41, 5.74) is 0.157. The lowest BCUT2D eigenvalue weighted by molar-refractivity contribution is -0.134. The summed E-state index contributed by atoms with van der Waals surface area (Å²) in [5.74, 6) is 0.157. The van der Waals surface area contributed by atoms with Crippen LogP contribution in [0.5, 0.6) is 5.88 Å². The molecular weight excluding hydrogens is 248 g/mol. The fourth-order valence-electron chi connectivity index (χ4n) is 1.91. The van der Waals surface area contributed by atoms with Crippen molar-refractivity contribution in [3.8, 4) is 11.9 Å². The number of hydrogen-bond acceptors (Lipinski definition) is 6. The van der Waals surface area contributed by atoms with E-state index < -0.39 is 0 Å². The zero-order valence-electron chi connectivity index (χ0n) is 10.6. The Morgan fingerprint density at radius 2 is 2.37 bits per heavy atom. The van der Waals surface area contributed by atoms with E-state index in [0.29, 0.717) is 19.5 Å². The van der Waals surface area contributed by atoms with Crippen LogP contribution in [0, 0.1) is 11.3 Å². The molecule has 0 spiro atoms. The molecule has 0 N–H and O–H groups in total. The number of carbonyl (C=O) groups excluding carboxylic acids is 1. The molecule has 19 heavy (non-hydrogen) atoms. The molecule has 1 saturated heterocycles. The first-order chi connectivity index (χ1) is 9.24. The normalized spacial score (nSPS) is 18.1. The minimum atomic E-state index is -0.162. The molecule has 1 aliphatic heterocycles. The lowest BCUT2D eigenvalue weighted by atomic mass is 10.3. The zero-order valence-corrected chi connectivity index (χ0v) is 10.6. The Labute approximate surface area is 110 Å². The van der Waals surface area contributed by atoms with Crippen LogP contribution < -0.4 is 4.74 Å². The van der Waals surface area contributed by atoms with Gasteiger partial charge in [-0.15, -0.1) is 0 Å². The Hall–Kier alpha value is -2.20. The van der Waals surface area contributed by atoms with E-state index in [9.17, 15) is 4.79 Å². The van der Waals surface area contributed by atoms with Gasteiger partial charge in [0.1, 0.15) is 18.8 Å². The minimum absolute atomic E-state index is 0.0618. The summed E-state index contributed by atoms with van der Waals surface area (Å²) in [7, 11) is 1.49. The van der Waals surface area contributed by atoms with Gasteiger partial charge in [0.25, 0.3) is 5.88 Å². The summed E-state index contributed by atoms with van der Waals surface area (Å²) in [6.07, 6.45) is 3.45. The number of likely N-dealkylation sites (tertiary alicyclic amines) is 1. The summed E-state index contributed by atoms with van der Waals surface area (Å²) < 4.78 is 10.4. The standard InChI is InChI=1S/C12H14N4O3/c1-18-8-11(17)16-5-2-9(7-16)19-12-10(6-13)14-3-4-15-12/h3-4,9H,2,5,7-8H2,1H3. The number of hydrogen-bond donors (Lipinski definition) is 0. The van der Waals surface area contributed by atoms with Crippen molar-refractivity contribution in [2.75, 3.05) is 26.8 Å². The van der Waals surface area contributed by atoms with Gasteiger partial charge in [-0.25, -0.2) is 9.97 Å². The second-order valence-electron chi connectivity index (χ2n) is 4.12. The smallest absolute Gasteiger partial charge is 0.251 e. The van der Waals surface area contributed by atoms with Crippen LogP contribution in [0.2, 0.25) is 0 Å². The molecule has 2 rings (SSSR count). The molecule has 1 atom stereocenters. The van der Waals surface area contributed by atoms with E-state index in [0.717, 1.165) is 0 Å². The Morgan fingerprint density at radius 1 is 1.58 bits per heavy atom. The Morgan fingerprint density at radius 3 is 3.11 bits per heavy atom. The summed E-state index contributed by atoms with van der Waals surface area (Å²) in [4.78, 5) is 21.2. The van der Waals surface area contributed by atoms with E-state index in [-0.39, 0.29) is 30.2 Å². The fourth-order valence-corrected chi connectivity index (χ4v) is 1.91. The quantitative estimate of drug-likeness (QED) is 0.757. The Bertz CT molecular complexity index is 500. The third-order valence-corrected chi connectivity index (χ3v) is 2.81. The molecule has 1 aromatic heterocycles. The van der Waals surface area contributed by atoms with E-state index in [2.05, 4.69) is 9.97 Å². The SMILES string of the molecule is COCC(=O)N1CCC(Oc2nccnc2C#N)C1. The van der Waals surface area contributed by atoms with Crippen LogP contribution in [0.15, 0.2) is 12.4 Å². The fraction of sp³-hybridized carbons (Fsp3) is 0.500. The molecule has 100 valence electrons. The lowest BCUT2D eigenvalue weighted by Gasteiger charge is -2.16. The molecule has 7 nitrogen and oxygen atoms in total. The Balaban J connectivity index is 1.95. The van der Waals surface area contributed by atoms with E-state index in [4.69, 9.17) is 14.7 Å². The second-order valence-corrected chi connectivity index (χ2v) is 4.12. The summed E-state index contributed by atoms with van der Waals surface area (Å²) in [6, 6.07) is 1.92. The largest absolute Gasteiger partial charge is 0.470 e. The van der Waals surface area contributed by atoms with Crippen molar-refractivity contribution in [1.29, 1.82) is 5.26 Å². The highest BCUT2D eigenvalue weighted by Crippen LogP contribution is 2.18. The number of ether oxygens (including phenoxy) is 2. The van der Waals surface area contributed by atoms with Gasteiger partial charge in [-0.2, -0.15) is 5.26 Å². The van der Waals surface area contributed by atoms with Crippen LogP contribution in [0.25, 0.3) is 0 Å². The molecule has 1 aromatic rings. The zero-order chi connectivity index (χ0) is 13.7. The van der Waals surface area contributed by atoms with E-state index in [1.807, 2.05) is 6.07 Å². The summed E-state index contributed by atoms with van der Waals surface area (Å²) >= 11 is 0. The topological polar surface area (TPSA) is 88.3 Å². The maximum Gasteiger partial charge on any atom is 0.251 e. The molecule has 0 radical (unpaired) electrons. The van der Waals surface area contributed by atoms with Crippen LogP contribution in [-0.4, -0.2) is 53.7 Å². The number of amides is 1. The number of rotatable bonds is 4. The Kier molecular flexibility index (Phi) is 4.26. The van der Waals surface area contributed by atoms with Crippen molar-refractivity contribution in [3.05, 3.63) is 18.1 Å². The predicted molar refractivity (Wildman–Crippen MR) is 64.2 cm³/mol. The van der Waals surface area contributed by atoms with Gasteiger partial charge in [0.05, 0.1) is 6.54 Å². The van der Waals surface area contributed by atoms with Crippen LogP contribution in [0.3, 0.4) is 0 Å². The van der Waals surface area contributed by atoms with Crippen molar-refractivity contribution < 1.29 is 14.3 Å². The van der Waals surface area contributed by atoms with E-state index >= 15 is 0 Å². The lowest BCUT2D eigenvalue weighted by Crippen LogP contribution is -2.33. The number of nitriles is 1. The van der Waals surface area contributed by atoms with E-state index in [1.54, 1.807) is 4.90 Å². The molecule has 0 aromatic carbocycles. The molecule has 2 heterocycles. The highest BCUT2D eigenvalue weighted by molar-refractivity contribution is 5.77. The first kappa shape index (κ1) is 13.2. The molecule has 7 heteroatoms. The predicted octanol–water partition coefficient (Wildman–Crippen LogP) is -0.0256. The number of aromatic nitrogens is 2. The average Bonchev–Trinajstić information content (AvgIpc) is 2.88. The van der Waals surface area contributed by atoms with Gasteiger partial charge in [0, 0.05) is 32.5 Å². The van der Waals surface area contributed by atoms with Crippen LogP contribution >= 0.6 is 0 Å². The molecule has 1 amide bonds. The third-order valence-electron chi connectivity index (χ3n) is 2.81. The van der Waals surface area contributed by atoms with Gasteiger partial charge in [-0.05, 0) is 0 Å². The number of carbonyl (C=O) groups is 1. The van der Waals surface area contributed by atoms with Crippen molar-refractivity contribution in [2.45, 2.75) is 12.5 Å². The van der Waals surface area contributed by atoms with Crippen LogP contribution in [0.1, 0.15) is 12.1 Å². The maximum atomic E-state index is 11.6. The van der Waals surface area contributed by atoms with Gasteiger partial charge in [-0.1, -0.05) is 0 Å². The maximum absolute atomic E-state index is 11.6. The van der Waals surface area contributed by atoms with Gasteiger partial charge in [-0.3, -0.25) is 4.79 Å². The average molecular weight is 262 g/mol. The monoisotopic (exact) mass is 262 g/mol. The molecular formula is C12H14N4O3. The number of methoxy groups -OCH3 is 1. The highest BCUT2D eigenvalue weighted by Gasteiger charge is 2.28. The van der Waals surface area contributed by atoms with Crippen molar-refractivity contribution >= 4 is 5.91 Å². The summed E-state index contributed by atoms with van der Waals surface area (Å²) in [5, 5.41) is 8.89. The number of nitrogens with zero attached hydrogens (tertiary/aromatic N) is 4. The van der Waals surface area contributed by atoms with Crippen molar-refractivity contribution in [1.82, 2.24) is 14.9 Å². The first-order valence-corrected chi connectivity index (χ1v) is 5.89. The van der Waals surface area contributed by atoms with Crippen LogP contribution in [-0.2, 0) is 9.53 Å². The highest BCUT2D eigenvalue weighted by atomic mass is 16.5. The van der Waals surface area contributed by atoms with Crippen molar-refractivity contribution in [3.63, 3.8) is 0 Å². The van der Waals surface area contributed by atoms with Gasteiger partial charge < -0.3 is 14.4 Å². The van der Waals surface area contributed by atoms with Crippen LogP contribution in [0.4, 0.5) is 0 Å². The van der Waals surface area contributed by atoms with E-state index in [1.165, 1.54) is 19.5 Å². The molecule has 1 aliphatic rings. The molecule has 0 saturated carbocycles. The van der Waals surface area contributed by atoms with Crippen molar-refractivity contribution in [2.24, 2.45) is 0 Å².